The smallest absolute Gasteiger partial charge is 0.305 e. The molecule has 0 saturated carbocycles. The van der Waals surface area contributed by atoms with E-state index in [1.807, 2.05) is 0 Å². The van der Waals surface area contributed by atoms with Crippen molar-refractivity contribution in [3.05, 3.63) is 12.2 Å². The van der Waals surface area contributed by atoms with Crippen molar-refractivity contribution in [1.29, 1.82) is 0 Å². The highest BCUT2D eigenvalue weighted by molar-refractivity contribution is 5.76. The monoisotopic (exact) mass is 1300 g/mol. The Morgan fingerprint density at radius 3 is 0.772 bits per heavy atom. The van der Waals surface area contributed by atoms with E-state index in [2.05, 4.69) is 31.3 Å². The third-order valence-corrected chi connectivity index (χ3v) is 20.6. The van der Waals surface area contributed by atoms with Gasteiger partial charge in [-0.05, 0) is 51.4 Å². The quantitative estimate of drug-likeness (QED) is 0.0320. The minimum absolute atomic E-state index is 0.0199. The maximum absolute atomic E-state index is 12.6. The lowest BCUT2D eigenvalue weighted by atomic mass is 10.0. The van der Waals surface area contributed by atoms with E-state index < -0.39 is 12.1 Å². The Labute approximate surface area is 578 Å². The summed E-state index contributed by atoms with van der Waals surface area (Å²) in [6.45, 7) is 5.02. The molecule has 0 fully saturated rings. The summed E-state index contributed by atoms with van der Waals surface area (Å²) in [4.78, 5) is 24.7. The molecule has 6 heteroatoms. The van der Waals surface area contributed by atoms with Crippen molar-refractivity contribution >= 4 is 11.9 Å². The Balaban J connectivity index is 3.32. The number of nitrogens with one attached hydrogen (secondary N) is 1. The van der Waals surface area contributed by atoms with Gasteiger partial charge in [0.2, 0.25) is 5.91 Å². The normalized spacial score (nSPS) is 12.4. The van der Waals surface area contributed by atoms with E-state index in [0.29, 0.717) is 25.9 Å². The molecule has 548 valence electrons. The van der Waals surface area contributed by atoms with Gasteiger partial charge in [0, 0.05) is 12.8 Å². The van der Waals surface area contributed by atoms with Crippen molar-refractivity contribution in [2.75, 3.05) is 13.2 Å². The van der Waals surface area contributed by atoms with Crippen LogP contribution in [0.2, 0.25) is 0 Å². The highest BCUT2D eigenvalue weighted by Crippen LogP contribution is 2.21. The van der Waals surface area contributed by atoms with E-state index in [-0.39, 0.29) is 18.5 Å². The number of amides is 1. The summed E-state index contributed by atoms with van der Waals surface area (Å²) in [5.74, 6) is -0.00377. The average molecular weight is 1300 g/mol. The second kappa shape index (κ2) is 82.0. The van der Waals surface area contributed by atoms with E-state index in [9.17, 15) is 19.8 Å². The molecule has 0 aromatic heterocycles. The zero-order valence-electron chi connectivity index (χ0n) is 63.1. The van der Waals surface area contributed by atoms with Gasteiger partial charge in [-0.25, -0.2) is 0 Å². The molecule has 0 aromatic carbocycles. The number of aliphatic hydroxyl groups excluding tert-OH is 2. The predicted octanol–water partition coefficient (Wildman–Crippen LogP) is 28.6. The fourth-order valence-electron chi connectivity index (χ4n) is 14.1. The third kappa shape index (κ3) is 77.6. The standard InChI is InChI=1S/C86H169NO5/c1-3-5-7-9-11-13-15-17-19-21-23-24-25-34-37-40-43-46-50-54-58-62-66-70-74-78-84(89)83(82-88)87-85(90)79-75-71-67-63-59-55-51-47-44-41-38-35-32-30-28-26-27-29-31-33-36-39-42-45-49-53-57-61-65-69-73-77-81-92-86(91)80-76-72-68-64-60-56-52-48-22-20-18-16-14-12-10-8-6-4-2/h20,22,83-84,88-89H,3-19,21,23-82H2,1-2H3,(H,87,90)/b22-20-. The molecule has 3 N–H and O–H groups in total. The number of esters is 1. The van der Waals surface area contributed by atoms with Gasteiger partial charge in [0.05, 0.1) is 25.4 Å². The van der Waals surface area contributed by atoms with Crippen LogP contribution in [0.3, 0.4) is 0 Å². The van der Waals surface area contributed by atoms with Crippen LogP contribution in [0.15, 0.2) is 12.2 Å². The lowest BCUT2D eigenvalue weighted by molar-refractivity contribution is -0.143. The summed E-state index contributed by atoms with van der Waals surface area (Å²) in [6.07, 6.45) is 105. The first-order chi connectivity index (χ1) is 45.5. The van der Waals surface area contributed by atoms with Gasteiger partial charge in [0.1, 0.15) is 0 Å². The second-order valence-corrected chi connectivity index (χ2v) is 29.9. The van der Waals surface area contributed by atoms with Crippen LogP contribution in [0.4, 0.5) is 0 Å². The van der Waals surface area contributed by atoms with Crippen LogP contribution in [0, 0.1) is 0 Å². The maximum Gasteiger partial charge on any atom is 0.305 e. The van der Waals surface area contributed by atoms with Gasteiger partial charge in [0.15, 0.2) is 0 Å². The molecule has 0 bridgehead atoms. The number of ether oxygens (including phenoxy) is 1. The van der Waals surface area contributed by atoms with Crippen LogP contribution in [-0.2, 0) is 14.3 Å². The molecule has 0 aliphatic carbocycles. The largest absolute Gasteiger partial charge is 0.466 e. The van der Waals surface area contributed by atoms with Crippen molar-refractivity contribution in [2.24, 2.45) is 0 Å². The summed E-state index contributed by atoms with van der Waals surface area (Å²) in [5, 5.41) is 23.5. The highest BCUT2D eigenvalue weighted by Gasteiger charge is 2.20. The Hall–Kier alpha value is -1.40. The van der Waals surface area contributed by atoms with Crippen LogP contribution in [0.1, 0.15) is 502 Å². The predicted molar refractivity (Wildman–Crippen MR) is 407 cm³/mol. The summed E-state index contributed by atoms with van der Waals surface area (Å²) in [7, 11) is 0. The topological polar surface area (TPSA) is 95.9 Å². The van der Waals surface area contributed by atoms with Gasteiger partial charge in [-0.15, -0.1) is 0 Å². The van der Waals surface area contributed by atoms with Crippen molar-refractivity contribution in [3.8, 4) is 0 Å². The second-order valence-electron chi connectivity index (χ2n) is 29.9. The summed E-state index contributed by atoms with van der Waals surface area (Å²) < 4.78 is 5.52. The molecule has 0 heterocycles. The number of carbonyl (C=O) groups excluding carboxylic acids is 2. The lowest BCUT2D eigenvalue weighted by Crippen LogP contribution is -2.45. The maximum atomic E-state index is 12.6. The first kappa shape index (κ1) is 90.6. The van der Waals surface area contributed by atoms with Crippen LogP contribution < -0.4 is 5.32 Å². The molecular formula is C86H169NO5. The molecule has 0 rings (SSSR count). The molecule has 2 unspecified atom stereocenters. The molecule has 1 amide bonds. The molecule has 0 aliphatic heterocycles. The molecule has 0 spiro atoms. The number of aliphatic hydroxyl groups is 2. The molecule has 0 saturated heterocycles. The average Bonchev–Trinajstić information content (AvgIpc) is 3.77. The van der Waals surface area contributed by atoms with Crippen molar-refractivity contribution < 1.29 is 24.5 Å². The number of carbonyl (C=O) groups is 2. The summed E-state index contributed by atoms with van der Waals surface area (Å²) >= 11 is 0. The zero-order chi connectivity index (χ0) is 66.3. The lowest BCUT2D eigenvalue weighted by Gasteiger charge is -2.22. The van der Waals surface area contributed by atoms with Crippen molar-refractivity contribution in [2.45, 2.75) is 514 Å². The summed E-state index contributed by atoms with van der Waals surface area (Å²) in [6, 6.07) is -0.539. The SMILES string of the molecule is CCCCCCCCC/C=C\CCCCCCCCCC(=O)OCCCCCCCCCCCCCCCCCCCCCCCCCCCCCCCCCCC(=O)NC(CO)C(O)CCCCCCCCCCCCCCCCCCCCCCCCCCC. The van der Waals surface area contributed by atoms with Crippen LogP contribution in [0.5, 0.6) is 0 Å². The van der Waals surface area contributed by atoms with E-state index >= 15 is 0 Å². The molecule has 0 aromatic rings. The minimum Gasteiger partial charge on any atom is -0.466 e. The van der Waals surface area contributed by atoms with Gasteiger partial charge in [-0.3, -0.25) is 9.59 Å². The third-order valence-electron chi connectivity index (χ3n) is 20.6. The number of rotatable bonds is 82. The highest BCUT2D eigenvalue weighted by atomic mass is 16.5. The van der Waals surface area contributed by atoms with E-state index in [0.717, 1.165) is 38.5 Å². The zero-order valence-corrected chi connectivity index (χ0v) is 63.1. The molecule has 2 atom stereocenters. The first-order valence-electron chi connectivity index (χ1n) is 42.9. The van der Waals surface area contributed by atoms with Gasteiger partial charge < -0.3 is 20.3 Å². The Kier molecular flexibility index (Phi) is 80.8. The van der Waals surface area contributed by atoms with Crippen LogP contribution in [-0.4, -0.2) is 47.4 Å². The van der Waals surface area contributed by atoms with Gasteiger partial charge in [0.25, 0.3) is 0 Å². The molecule has 0 radical (unpaired) electrons. The van der Waals surface area contributed by atoms with Crippen LogP contribution >= 0.6 is 0 Å². The minimum atomic E-state index is -0.662. The van der Waals surface area contributed by atoms with Crippen LogP contribution in [0.25, 0.3) is 0 Å². The fourth-order valence-corrected chi connectivity index (χ4v) is 14.1. The Bertz CT molecular complexity index is 1400. The summed E-state index contributed by atoms with van der Waals surface area (Å²) in [5.41, 5.74) is 0. The molecule has 6 nitrogen and oxygen atoms in total. The van der Waals surface area contributed by atoms with Gasteiger partial charge in [-0.1, -0.05) is 450 Å². The first-order valence-corrected chi connectivity index (χ1v) is 42.9. The number of hydrogen-bond donors (Lipinski definition) is 3. The van der Waals surface area contributed by atoms with E-state index in [4.69, 9.17) is 4.74 Å². The van der Waals surface area contributed by atoms with Gasteiger partial charge in [-0.2, -0.15) is 0 Å². The Morgan fingerprint density at radius 2 is 0.511 bits per heavy atom. The fraction of sp³-hybridized carbons (Fsp3) is 0.953. The van der Waals surface area contributed by atoms with Crippen molar-refractivity contribution in [1.82, 2.24) is 5.32 Å². The van der Waals surface area contributed by atoms with E-state index in [1.54, 1.807) is 0 Å². The van der Waals surface area contributed by atoms with Crippen molar-refractivity contribution in [3.63, 3.8) is 0 Å². The Morgan fingerprint density at radius 1 is 0.293 bits per heavy atom. The molecule has 92 heavy (non-hydrogen) atoms. The number of unbranched alkanes of at least 4 members (excludes halogenated alkanes) is 69. The van der Waals surface area contributed by atoms with Gasteiger partial charge >= 0.3 is 5.97 Å². The van der Waals surface area contributed by atoms with E-state index in [1.165, 1.54) is 430 Å². The molecule has 0 aliphatic rings. The number of hydrogen-bond acceptors (Lipinski definition) is 5. The number of allylic oxidation sites excluding steroid dienone is 2. The molecular weight excluding hydrogens is 1130 g/mol.